The number of likely N-dealkylation sites (tertiary alicyclic amines) is 1. The van der Waals surface area contributed by atoms with Crippen molar-refractivity contribution in [3.8, 4) is 0 Å². The summed E-state index contributed by atoms with van der Waals surface area (Å²) in [6.07, 6.45) is 6.40. The van der Waals surface area contributed by atoms with Crippen LogP contribution < -0.4 is 5.32 Å². The molecule has 1 aromatic rings. The quantitative estimate of drug-likeness (QED) is 0.910. The van der Waals surface area contributed by atoms with E-state index in [0.717, 1.165) is 37.5 Å². The van der Waals surface area contributed by atoms with Gasteiger partial charge in [-0.3, -0.25) is 4.79 Å². The molecule has 1 aromatic heterocycles. The first-order valence-corrected chi connectivity index (χ1v) is 7.17. The molecule has 104 valence electrons. The number of amides is 1. The molecule has 0 saturated carbocycles. The molecule has 1 aliphatic rings. The van der Waals surface area contributed by atoms with Crippen molar-refractivity contribution in [2.75, 3.05) is 25.5 Å². The second-order valence-electron chi connectivity index (χ2n) is 5.18. The summed E-state index contributed by atoms with van der Waals surface area (Å²) in [6.45, 7) is 3.97. The molecule has 1 N–H and O–H groups in total. The number of nitrogens with zero attached hydrogens (tertiary/aromatic N) is 2. The molecular weight excluding hydrogens is 238 g/mol. The second kappa shape index (κ2) is 6.55. The standard InChI is InChI=1S/C15H23N3O/c1-3-12-5-4-9-18(10-8-12)15(19)14-7-6-13(16-2)11-17-14/h6-7,11-12,16H,3-5,8-10H2,1-2H3. The van der Waals surface area contributed by atoms with Gasteiger partial charge in [-0.2, -0.15) is 0 Å². The van der Waals surface area contributed by atoms with Crippen LogP contribution >= 0.6 is 0 Å². The Balaban J connectivity index is 2.01. The van der Waals surface area contributed by atoms with Gasteiger partial charge in [0, 0.05) is 20.1 Å². The third kappa shape index (κ3) is 3.46. The van der Waals surface area contributed by atoms with Gasteiger partial charge in [0.05, 0.1) is 11.9 Å². The van der Waals surface area contributed by atoms with E-state index in [1.165, 1.54) is 12.8 Å². The van der Waals surface area contributed by atoms with Gasteiger partial charge in [0.1, 0.15) is 5.69 Å². The van der Waals surface area contributed by atoms with Gasteiger partial charge in [0.25, 0.3) is 5.91 Å². The van der Waals surface area contributed by atoms with Gasteiger partial charge in [-0.1, -0.05) is 13.3 Å². The average Bonchev–Trinajstić information content (AvgIpc) is 2.72. The Kier molecular flexibility index (Phi) is 4.77. The molecule has 1 amide bonds. The normalized spacial score (nSPS) is 19.9. The molecule has 0 aromatic carbocycles. The Morgan fingerprint density at radius 2 is 2.26 bits per heavy atom. The zero-order chi connectivity index (χ0) is 13.7. The highest BCUT2D eigenvalue weighted by molar-refractivity contribution is 5.92. The topological polar surface area (TPSA) is 45.2 Å². The number of carbonyl (C=O) groups excluding carboxylic acids is 1. The molecule has 0 aliphatic carbocycles. The Labute approximate surface area is 115 Å². The molecule has 2 heterocycles. The number of nitrogens with one attached hydrogen (secondary N) is 1. The molecule has 19 heavy (non-hydrogen) atoms. The molecular formula is C15H23N3O. The Hall–Kier alpha value is -1.58. The van der Waals surface area contributed by atoms with Crippen molar-refractivity contribution in [3.05, 3.63) is 24.0 Å². The number of anilines is 1. The predicted molar refractivity (Wildman–Crippen MR) is 77.3 cm³/mol. The monoisotopic (exact) mass is 261 g/mol. The van der Waals surface area contributed by atoms with E-state index in [0.29, 0.717) is 5.69 Å². The molecule has 0 bridgehead atoms. The molecule has 4 nitrogen and oxygen atoms in total. The van der Waals surface area contributed by atoms with Crippen LogP contribution in [0, 0.1) is 5.92 Å². The first-order chi connectivity index (χ1) is 9.24. The second-order valence-corrected chi connectivity index (χ2v) is 5.18. The van der Waals surface area contributed by atoms with Crippen LogP contribution in [0.2, 0.25) is 0 Å². The predicted octanol–water partition coefficient (Wildman–Crippen LogP) is 2.78. The van der Waals surface area contributed by atoms with E-state index < -0.39 is 0 Å². The van der Waals surface area contributed by atoms with Gasteiger partial charge in [0.15, 0.2) is 0 Å². The van der Waals surface area contributed by atoms with Crippen LogP contribution in [0.1, 0.15) is 43.1 Å². The summed E-state index contributed by atoms with van der Waals surface area (Å²) in [5.74, 6) is 0.844. The van der Waals surface area contributed by atoms with Crippen molar-refractivity contribution in [2.45, 2.75) is 32.6 Å². The summed E-state index contributed by atoms with van der Waals surface area (Å²) in [4.78, 5) is 18.6. The maximum Gasteiger partial charge on any atom is 0.272 e. The van der Waals surface area contributed by atoms with Gasteiger partial charge in [-0.05, 0) is 37.3 Å². The van der Waals surface area contributed by atoms with E-state index in [-0.39, 0.29) is 5.91 Å². The van der Waals surface area contributed by atoms with Crippen LogP contribution in [0.4, 0.5) is 5.69 Å². The highest BCUT2D eigenvalue weighted by atomic mass is 16.2. The van der Waals surface area contributed by atoms with E-state index in [9.17, 15) is 4.79 Å². The first kappa shape index (κ1) is 13.8. The Morgan fingerprint density at radius 3 is 2.89 bits per heavy atom. The lowest BCUT2D eigenvalue weighted by atomic mass is 9.98. The summed E-state index contributed by atoms with van der Waals surface area (Å²) < 4.78 is 0. The highest BCUT2D eigenvalue weighted by Crippen LogP contribution is 2.21. The van der Waals surface area contributed by atoms with E-state index in [4.69, 9.17) is 0 Å². The minimum Gasteiger partial charge on any atom is -0.387 e. The van der Waals surface area contributed by atoms with Crippen LogP contribution in [0.25, 0.3) is 0 Å². The Bertz CT molecular complexity index is 416. The van der Waals surface area contributed by atoms with Crippen molar-refractivity contribution in [2.24, 2.45) is 5.92 Å². The van der Waals surface area contributed by atoms with E-state index >= 15 is 0 Å². The van der Waals surface area contributed by atoms with E-state index in [1.807, 2.05) is 18.0 Å². The molecule has 1 atom stereocenters. The summed E-state index contributed by atoms with van der Waals surface area (Å²) >= 11 is 0. The van der Waals surface area contributed by atoms with Crippen molar-refractivity contribution < 1.29 is 4.79 Å². The Morgan fingerprint density at radius 1 is 1.42 bits per heavy atom. The number of rotatable bonds is 3. The SMILES string of the molecule is CCC1CCCN(C(=O)c2ccc(NC)cn2)CC1. The molecule has 1 fully saturated rings. The van der Waals surface area contributed by atoms with Crippen LogP contribution in [0.15, 0.2) is 18.3 Å². The zero-order valence-corrected chi connectivity index (χ0v) is 11.9. The smallest absolute Gasteiger partial charge is 0.272 e. The largest absolute Gasteiger partial charge is 0.387 e. The molecule has 1 aliphatic heterocycles. The summed E-state index contributed by atoms with van der Waals surface area (Å²) in [6, 6.07) is 3.70. The van der Waals surface area contributed by atoms with Crippen LogP contribution in [0.3, 0.4) is 0 Å². The van der Waals surface area contributed by atoms with Gasteiger partial charge in [-0.15, -0.1) is 0 Å². The number of pyridine rings is 1. The fraction of sp³-hybridized carbons (Fsp3) is 0.600. The van der Waals surface area contributed by atoms with Crippen LogP contribution in [0.5, 0.6) is 0 Å². The summed E-state index contributed by atoms with van der Waals surface area (Å²) in [5, 5.41) is 3.01. The van der Waals surface area contributed by atoms with Crippen molar-refractivity contribution >= 4 is 11.6 Å². The third-order valence-electron chi connectivity index (χ3n) is 3.98. The fourth-order valence-corrected chi connectivity index (χ4v) is 2.61. The van der Waals surface area contributed by atoms with Crippen molar-refractivity contribution in [1.82, 2.24) is 9.88 Å². The third-order valence-corrected chi connectivity index (χ3v) is 3.98. The van der Waals surface area contributed by atoms with Crippen molar-refractivity contribution in [1.29, 1.82) is 0 Å². The fourth-order valence-electron chi connectivity index (χ4n) is 2.61. The number of hydrogen-bond donors (Lipinski definition) is 1. The van der Waals surface area contributed by atoms with Gasteiger partial charge >= 0.3 is 0 Å². The number of hydrogen-bond acceptors (Lipinski definition) is 3. The summed E-state index contributed by atoms with van der Waals surface area (Å²) in [7, 11) is 1.85. The van der Waals surface area contributed by atoms with Crippen molar-refractivity contribution in [3.63, 3.8) is 0 Å². The number of carbonyl (C=O) groups is 1. The lowest BCUT2D eigenvalue weighted by molar-refractivity contribution is 0.0754. The first-order valence-electron chi connectivity index (χ1n) is 7.17. The molecule has 1 saturated heterocycles. The maximum atomic E-state index is 12.4. The van der Waals surface area contributed by atoms with E-state index in [1.54, 1.807) is 12.3 Å². The van der Waals surface area contributed by atoms with Gasteiger partial charge < -0.3 is 10.2 Å². The zero-order valence-electron chi connectivity index (χ0n) is 11.9. The molecule has 4 heteroatoms. The molecule has 1 unspecified atom stereocenters. The minimum absolute atomic E-state index is 0.0689. The summed E-state index contributed by atoms with van der Waals surface area (Å²) in [5.41, 5.74) is 1.48. The molecule has 2 rings (SSSR count). The molecule has 0 radical (unpaired) electrons. The molecule has 0 spiro atoms. The highest BCUT2D eigenvalue weighted by Gasteiger charge is 2.21. The van der Waals surface area contributed by atoms with E-state index in [2.05, 4.69) is 17.2 Å². The number of aromatic nitrogens is 1. The minimum atomic E-state index is 0.0689. The van der Waals surface area contributed by atoms with Gasteiger partial charge in [-0.25, -0.2) is 4.98 Å². The van der Waals surface area contributed by atoms with Gasteiger partial charge in [0.2, 0.25) is 0 Å². The lowest BCUT2D eigenvalue weighted by Gasteiger charge is -2.20. The average molecular weight is 261 g/mol. The maximum absolute atomic E-state index is 12.4. The van der Waals surface area contributed by atoms with Crippen LogP contribution in [-0.4, -0.2) is 35.9 Å². The lowest BCUT2D eigenvalue weighted by Crippen LogP contribution is -2.32. The van der Waals surface area contributed by atoms with Crippen LogP contribution in [-0.2, 0) is 0 Å².